The highest BCUT2D eigenvalue weighted by Gasteiger charge is 2.26. The van der Waals surface area contributed by atoms with E-state index in [4.69, 9.17) is 9.84 Å². The Kier molecular flexibility index (Phi) is 7.41. The van der Waals surface area contributed by atoms with Crippen molar-refractivity contribution >= 4 is 11.9 Å². The van der Waals surface area contributed by atoms with Gasteiger partial charge in [-0.05, 0) is 42.5 Å². The fourth-order valence-corrected chi connectivity index (χ4v) is 2.80. The number of ether oxygens (including phenoxy) is 1. The molecule has 0 spiro atoms. The molecule has 0 heterocycles. The summed E-state index contributed by atoms with van der Waals surface area (Å²) in [4.78, 5) is 23.1. The molecular weight excluding hydrogens is 342 g/mol. The number of carbonyl (C=O) groups excluding carboxylic acids is 1. The van der Waals surface area contributed by atoms with Crippen molar-refractivity contribution < 1.29 is 19.4 Å². The van der Waals surface area contributed by atoms with E-state index in [9.17, 15) is 9.59 Å². The SMILES string of the molecule is CC(C)(CCCc1ccccc1)C(=O)NCc1cccc(OCC(=O)O)c1. The topological polar surface area (TPSA) is 75.6 Å². The number of aliphatic carboxylic acids is 1. The highest BCUT2D eigenvalue weighted by molar-refractivity contribution is 5.81. The molecule has 0 saturated carbocycles. The van der Waals surface area contributed by atoms with E-state index in [0.29, 0.717) is 12.3 Å². The monoisotopic (exact) mass is 369 g/mol. The van der Waals surface area contributed by atoms with Crippen molar-refractivity contribution in [3.63, 3.8) is 0 Å². The first kappa shape index (κ1) is 20.5. The lowest BCUT2D eigenvalue weighted by Gasteiger charge is -2.23. The Morgan fingerprint density at radius 2 is 1.74 bits per heavy atom. The predicted molar refractivity (Wildman–Crippen MR) is 105 cm³/mol. The molecular formula is C22H27NO4. The molecule has 5 heteroatoms. The Hall–Kier alpha value is -2.82. The summed E-state index contributed by atoms with van der Waals surface area (Å²) in [6, 6.07) is 17.4. The highest BCUT2D eigenvalue weighted by Crippen LogP contribution is 2.24. The summed E-state index contributed by atoms with van der Waals surface area (Å²) in [6.45, 7) is 3.91. The molecule has 2 N–H and O–H groups in total. The van der Waals surface area contributed by atoms with E-state index in [1.807, 2.05) is 38.1 Å². The molecule has 0 bridgehead atoms. The van der Waals surface area contributed by atoms with Crippen molar-refractivity contribution in [3.05, 3.63) is 65.7 Å². The second kappa shape index (κ2) is 9.76. The lowest BCUT2D eigenvalue weighted by molar-refractivity contribution is -0.139. The molecule has 0 unspecified atom stereocenters. The van der Waals surface area contributed by atoms with Crippen molar-refractivity contribution in [2.24, 2.45) is 5.41 Å². The van der Waals surface area contributed by atoms with Crippen LogP contribution in [0.1, 0.15) is 37.8 Å². The summed E-state index contributed by atoms with van der Waals surface area (Å²) >= 11 is 0. The first-order chi connectivity index (χ1) is 12.9. The minimum atomic E-state index is -1.02. The van der Waals surface area contributed by atoms with E-state index in [2.05, 4.69) is 17.4 Å². The normalized spacial score (nSPS) is 11.0. The zero-order chi connectivity index (χ0) is 19.7. The molecule has 1 amide bonds. The van der Waals surface area contributed by atoms with Gasteiger partial charge in [0.25, 0.3) is 0 Å². The van der Waals surface area contributed by atoms with Crippen molar-refractivity contribution in [3.8, 4) is 5.75 Å². The lowest BCUT2D eigenvalue weighted by atomic mass is 9.85. The molecule has 144 valence electrons. The quantitative estimate of drug-likeness (QED) is 0.668. The average molecular weight is 369 g/mol. The molecule has 0 atom stereocenters. The Balaban J connectivity index is 1.81. The summed E-state index contributed by atoms with van der Waals surface area (Å²) in [5.74, 6) is -0.537. The maximum Gasteiger partial charge on any atom is 0.341 e. The van der Waals surface area contributed by atoms with Crippen LogP contribution >= 0.6 is 0 Å². The molecule has 0 saturated heterocycles. The maximum absolute atomic E-state index is 12.6. The van der Waals surface area contributed by atoms with Gasteiger partial charge in [-0.1, -0.05) is 56.3 Å². The van der Waals surface area contributed by atoms with Gasteiger partial charge in [0.05, 0.1) is 0 Å². The lowest BCUT2D eigenvalue weighted by Crippen LogP contribution is -2.36. The van der Waals surface area contributed by atoms with Gasteiger partial charge < -0.3 is 15.2 Å². The molecule has 0 aliphatic rings. The molecule has 5 nitrogen and oxygen atoms in total. The van der Waals surface area contributed by atoms with Gasteiger partial charge in [-0.2, -0.15) is 0 Å². The van der Waals surface area contributed by atoms with E-state index in [0.717, 1.165) is 24.8 Å². The van der Waals surface area contributed by atoms with Crippen LogP contribution < -0.4 is 10.1 Å². The minimum absolute atomic E-state index is 0.00687. The largest absolute Gasteiger partial charge is 0.482 e. The molecule has 0 radical (unpaired) electrons. The van der Waals surface area contributed by atoms with Crippen LogP contribution in [0.3, 0.4) is 0 Å². The van der Waals surface area contributed by atoms with Crippen LogP contribution in [0.2, 0.25) is 0 Å². The zero-order valence-electron chi connectivity index (χ0n) is 15.9. The minimum Gasteiger partial charge on any atom is -0.482 e. The number of nitrogens with one attached hydrogen (secondary N) is 1. The highest BCUT2D eigenvalue weighted by atomic mass is 16.5. The van der Waals surface area contributed by atoms with Gasteiger partial charge in [-0.25, -0.2) is 4.79 Å². The number of hydrogen-bond donors (Lipinski definition) is 2. The van der Waals surface area contributed by atoms with Crippen LogP contribution in [-0.4, -0.2) is 23.6 Å². The van der Waals surface area contributed by atoms with Crippen molar-refractivity contribution in [2.45, 2.75) is 39.7 Å². The fraction of sp³-hybridized carbons (Fsp3) is 0.364. The standard InChI is InChI=1S/C22H27NO4/c1-22(2,13-7-11-17-8-4-3-5-9-17)21(26)23-15-18-10-6-12-19(14-18)27-16-20(24)25/h3-6,8-10,12,14H,7,11,13,15-16H2,1-2H3,(H,23,26)(H,24,25). The molecule has 2 aromatic carbocycles. The van der Waals surface area contributed by atoms with Gasteiger partial charge in [-0.3, -0.25) is 4.79 Å². The number of amides is 1. The van der Waals surface area contributed by atoms with E-state index in [1.54, 1.807) is 18.2 Å². The third kappa shape index (κ3) is 7.13. The molecule has 27 heavy (non-hydrogen) atoms. The second-order valence-corrected chi connectivity index (χ2v) is 7.24. The van der Waals surface area contributed by atoms with Crippen LogP contribution in [0.15, 0.2) is 54.6 Å². The Morgan fingerprint density at radius 1 is 1.04 bits per heavy atom. The van der Waals surface area contributed by atoms with Crippen molar-refractivity contribution in [1.82, 2.24) is 5.32 Å². The van der Waals surface area contributed by atoms with E-state index in [1.165, 1.54) is 5.56 Å². The van der Waals surface area contributed by atoms with E-state index >= 15 is 0 Å². The number of rotatable bonds is 10. The number of aryl methyl sites for hydroxylation is 1. The third-order valence-electron chi connectivity index (χ3n) is 4.44. The number of carboxylic acids is 1. The van der Waals surface area contributed by atoms with Gasteiger partial charge in [0, 0.05) is 12.0 Å². The summed E-state index contributed by atoms with van der Waals surface area (Å²) in [6.07, 6.45) is 2.71. The van der Waals surface area contributed by atoms with E-state index in [-0.39, 0.29) is 12.5 Å². The van der Waals surface area contributed by atoms with Crippen LogP contribution in [-0.2, 0) is 22.6 Å². The fourth-order valence-electron chi connectivity index (χ4n) is 2.80. The molecule has 0 aromatic heterocycles. The number of carbonyl (C=O) groups is 2. The number of hydrogen-bond acceptors (Lipinski definition) is 3. The summed E-state index contributed by atoms with van der Waals surface area (Å²) in [5.41, 5.74) is 1.70. The van der Waals surface area contributed by atoms with Gasteiger partial charge in [0.15, 0.2) is 6.61 Å². The van der Waals surface area contributed by atoms with Crippen LogP contribution in [0.25, 0.3) is 0 Å². The summed E-state index contributed by atoms with van der Waals surface area (Å²) < 4.78 is 5.17. The molecule has 0 aliphatic carbocycles. The molecule has 2 rings (SSSR count). The number of carboxylic acid groups (broad SMARTS) is 1. The van der Waals surface area contributed by atoms with Gasteiger partial charge >= 0.3 is 5.97 Å². The number of benzene rings is 2. The maximum atomic E-state index is 12.6. The predicted octanol–water partition coefficient (Wildman–Crippen LogP) is 3.82. The van der Waals surface area contributed by atoms with Crippen LogP contribution in [0, 0.1) is 5.41 Å². The van der Waals surface area contributed by atoms with E-state index < -0.39 is 11.4 Å². The van der Waals surface area contributed by atoms with Crippen LogP contribution in [0.4, 0.5) is 0 Å². The summed E-state index contributed by atoms with van der Waals surface area (Å²) in [7, 11) is 0. The Bertz CT molecular complexity index is 756. The molecule has 0 aliphatic heterocycles. The third-order valence-corrected chi connectivity index (χ3v) is 4.44. The van der Waals surface area contributed by atoms with Crippen LogP contribution in [0.5, 0.6) is 5.75 Å². The van der Waals surface area contributed by atoms with Gasteiger partial charge in [0.2, 0.25) is 5.91 Å². The van der Waals surface area contributed by atoms with Gasteiger partial charge in [0.1, 0.15) is 5.75 Å². The Morgan fingerprint density at radius 3 is 2.44 bits per heavy atom. The smallest absolute Gasteiger partial charge is 0.341 e. The zero-order valence-corrected chi connectivity index (χ0v) is 15.9. The molecule has 0 fully saturated rings. The first-order valence-electron chi connectivity index (χ1n) is 9.12. The van der Waals surface area contributed by atoms with Gasteiger partial charge in [-0.15, -0.1) is 0 Å². The Labute approximate surface area is 160 Å². The summed E-state index contributed by atoms with van der Waals surface area (Å²) in [5, 5.41) is 11.6. The molecule has 2 aromatic rings. The first-order valence-corrected chi connectivity index (χ1v) is 9.12. The average Bonchev–Trinajstić information content (AvgIpc) is 2.65. The van der Waals surface area contributed by atoms with Crippen molar-refractivity contribution in [1.29, 1.82) is 0 Å². The van der Waals surface area contributed by atoms with Crippen molar-refractivity contribution in [2.75, 3.05) is 6.61 Å². The second-order valence-electron chi connectivity index (χ2n) is 7.24.